The Balaban J connectivity index is 1.93. The molecule has 1 N–H and O–H groups in total. The van der Waals surface area contributed by atoms with Crippen LogP contribution in [0.5, 0.6) is 0 Å². The molecule has 112 valence electrons. The Morgan fingerprint density at radius 1 is 1.24 bits per heavy atom. The monoisotopic (exact) mass is 285 g/mol. The summed E-state index contributed by atoms with van der Waals surface area (Å²) in [4.78, 5) is 7.15. The fourth-order valence-electron chi connectivity index (χ4n) is 2.73. The van der Waals surface area contributed by atoms with Gasteiger partial charge in [-0.1, -0.05) is 25.1 Å². The zero-order valence-electron chi connectivity index (χ0n) is 12.6. The van der Waals surface area contributed by atoms with Crippen molar-refractivity contribution in [2.75, 3.05) is 37.7 Å². The second-order valence-corrected chi connectivity index (χ2v) is 5.43. The van der Waals surface area contributed by atoms with Crippen molar-refractivity contribution in [3.63, 3.8) is 0 Å². The van der Waals surface area contributed by atoms with Crippen molar-refractivity contribution in [2.45, 2.75) is 19.9 Å². The van der Waals surface area contributed by atoms with E-state index in [0.717, 1.165) is 57.1 Å². The van der Waals surface area contributed by atoms with E-state index in [9.17, 15) is 0 Å². The first kappa shape index (κ1) is 14.3. The molecule has 3 rings (SSSR count). The number of aromatic nitrogens is 1. The van der Waals surface area contributed by atoms with E-state index in [1.165, 1.54) is 10.9 Å². The number of fused-ring (bicyclic) bond motifs is 1. The number of benzene rings is 1. The van der Waals surface area contributed by atoms with Crippen LogP contribution in [0.3, 0.4) is 0 Å². The minimum atomic E-state index is 0.790. The molecule has 4 nitrogen and oxygen atoms in total. The smallest absolute Gasteiger partial charge is 0.129 e. The van der Waals surface area contributed by atoms with Gasteiger partial charge in [-0.2, -0.15) is 0 Å². The van der Waals surface area contributed by atoms with Gasteiger partial charge in [0.2, 0.25) is 0 Å². The topological polar surface area (TPSA) is 37.4 Å². The molecule has 0 amide bonds. The molecule has 1 aliphatic rings. The van der Waals surface area contributed by atoms with Crippen LogP contribution < -0.4 is 10.2 Å². The van der Waals surface area contributed by atoms with Crippen LogP contribution in [-0.2, 0) is 11.3 Å². The molecule has 2 aromatic rings. The van der Waals surface area contributed by atoms with E-state index in [1.54, 1.807) is 0 Å². The molecule has 0 aliphatic carbocycles. The normalized spacial score (nSPS) is 15.6. The first-order valence-corrected chi connectivity index (χ1v) is 7.80. The number of anilines is 1. The molecule has 0 unspecified atom stereocenters. The van der Waals surface area contributed by atoms with E-state index < -0.39 is 0 Å². The van der Waals surface area contributed by atoms with Gasteiger partial charge in [-0.3, -0.25) is 0 Å². The zero-order valence-corrected chi connectivity index (χ0v) is 12.6. The molecule has 0 radical (unpaired) electrons. The number of ether oxygens (including phenoxy) is 1. The second-order valence-electron chi connectivity index (χ2n) is 5.43. The number of para-hydroxylation sites is 1. The number of nitrogens with zero attached hydrogens (tertiary/aromatic N) is 2. The summed E-state index contributed by atoms with van der Waals surface area (Å²) in [6.45, 7) is 7.56. The maximum atomic E-state index is 5.44. The van der Waals surface area contributed by atoms with E-state index in [4.69, 9.17) is 9.72 Å². The summed E-state index contributed by atoms with van der Waals surface area (Å²) in [5.41, 5.74) is 2.41. The third-order valence-corrected chi connectivity index (χ3v) is 3.87. The van der Waals surface area contributed by atoms with Gasteiger partial charge in [-0.05, 0) is 30.7 Å². The highest BCUT2D eigenvalue weighted by Crippen LogP contribution is 2.23. The Hall–Kier alpha value is -1.65. The highest BCUT2D eigenvalue weighted by Gasteiger charge is 2.14. The van der Waals surface area contributed by atoms with E-state index in [0.29, 0.717) is 0 Å². The number of rotatable bonds is 5. The van der Waals surface area contributed by atoms with Crippen LogP contribution in [-0.4, -0.2) is 37.8 Å². The average Bonchev–Trinajstić information content (AvgIpc) is 2.55. The Morgan fingerprint density at radius 3 is 2.86 bits per heavy atom. The first-order chi connectivity index (χ1) is 10.4. The van der Waals surface area contributed by atoms with E-state index in [-0.39, 0.29) is 0 Å². The van der Waals surface area contributed by atoms with Crippen LogP contribution in [0.25, 0.3) is 10.9 Å². The van der Waals surface area contributed by atoms with Gasteiger partial charge in [0.25, 0.3) is 0 Å². The summed E-state index contributed by atoms with van der Waals surface area (Å²) in [6, 6.07) is 10.6. The molecular formula is C17H23N3O. The number of nitrogens with one attached hydrogen (secondary N) is 1. The van der Waals surface area contributed by atoms with Gasteiger partial charge >= 0.3 is 0 Å². The quantitative estimate of drug-likeness (QED) is 0.857. The van der Waals surface area contributed by atoms with Crippen molar-refractivity contribution in [3.05, 3.63) is 35.9 Å². The fourth-order valence-corrected chi connectivity index (χ4v) is 2.73. The molecule has 21 heavy (non-hydrogen) atoms. The Labute approximate surface area is 126 Å². The van der Waals surface area contributed by atoms with Crippen molar-refractivity contribution in [1.29, 1.82) is 0 Å². The van der Waals surface area contributed by atoms with Gasteiger partial charge in [0, 0.05) is 25.0 Å². The minimum absolute atomic E-state index is 0.790. The van der Waals surface area contributed by atoms with Gasteiger partial charge in [0.1, 0.15) is 5.82 Å². The molecule has 2 heterocycles. The van der Waals surface area contributed by atoms with Crippen molar-refractivity contribution in [2.24, 2.45) is 0 Å². The van der Waals surface area contributed by atoms with E-state index in [2.05, 4.69) is 47.5 Å². The third-order valence-electron chi connectivity index (χ3n) is 3.87. The predicted molar refractivity (Wildman–Crippen MR) is 86.8 cm³/mol. The molecule has 0 spiro atoms. The van der Waals surface area contributed by atoms with E-state index in [1.807, 2.05) is 0 Å². The number of hydrogen-bond donors (Lipinski definition) is 1. The predicted octanol–water partition coefficient (Wildman–Crippen LogP) is 2.57. The molecule has 0 saturated carbocycles. The lowest BCUT2D eigenvalue weighted by Crippen LogP contribution is -2.36. The number of hydrogen-bond acceptors (Lipinski definition) is 4. The maximum Gasteiger partial charge on any atom is 0.129 e. The Morgan fingerprint density at radius 2 is 2.05 bits per heavy atom. The van der Waals surface area contributed by atoms with E-state index >= 15 is 0 Å². The van der Waals surface area contributed by atoms with Crippen LogP contribution >= 0.6 is 0 Å². The molecule has 1 aromatic heterocycles. The van der Waals surface area contributed by atoms with Gasteiger partial charge in [-0.15, -0.1) is 0 Å². The van der Waals surface area contributed by atoms with Crippen LogP contribution in [0, 0.1) is 0 Å². The molecular weight excluding hydrogens is 262 g/mol. The summed E-state index contributed by atoms with van der Waals surface area (Å²) in [5, 5.41) is 4.75. The molecule has 1 aromatic carbocycles. The molecule has 1 saturated heterocycles. The van der Waals surface area contributed by atoms with Gasteiger partial charge in [0.15, 0.2) is 0 Å². The summed E-state index contributed by atoms with van der Waals surface area (Å²) in [5.74, 6) is 1.07. The average molecular weight is 285 g/mol. The van der Waals surface area contributed by atoms with Crippen LogP contribution in [0.1, 0.15) is 18.9 Å². The standard InChI is InChI=1S/C17H23N3O/c1-2-7-18-13-14-12-17(20-8-10-21-11-9-20)19-16-6-4-3-5-15(14)16/h3-6,12,18H,2,7-11,13H2,1H3. The first-order valence-electron chi connectivity index (χ1n) is 7.80. The number of morpholine rings is 1. The lowest BCUT2D eigenvalue weighted by atomic mass is 10.1. The zero-order chi connectivity index (χ0) is 14.5. The van der Waals surface area contributed by atoms with Crippen molar-refractivity contribution >= 4 is 16.7 Å². The fraction of sp³-hybridized carbons (Fsp3) is 0.471. The molecule has 0 bridgehead atoms. The summed E-state index contributed by atoms with van der Waals surface area (Å²) in [7, 11) is 0. The molecule has 0 atom stereocenters. The van der Waals surface area contributed by atoms with Gasteiger partial charge < -0.3 is 15.0 Å². The van der Waals surface area contributed by atoms with Crippen LogP contribution in [0.4, 0.5) is 5.82 Å². The van der Waals surface area contributed by atoms with Crippen molar-refractivity contribution in [1.82, 2.24) is 10.3 Å². The SMILES string of the molecule is CCCNCc1cc(N2CCOCC2)nc2ccccc12. The van der Waals surface area contributed by atoms with Crippen LogP contribution in [0.2, 0.25) is 0 Å². The van der Waals surface area contributed by atoms with Crippen molar-refractivity contribution in [3.8, 4) is 0 Å². The van der Waals surface area contributed by atoms with Crippen LogP contribution in [0.15, 0.2) is 30.3 Å². The molecule has 1 aliphatic heterocycles. The molecule has 1 fully saturated rings. The maximum absolute atomic E-state index is 5.44. The highest BCUT2D eigenvalue weighted by molar-refractivity contribution is 5.84. The highest BCUT2D eigenvalue weighted by atomic mass is 16.5. The van der Waals surface area contributed by atoms with Crippen molar-refractivity contribution < 1.29 is 4.74 Å². The largest absolute Gasteiger partial charge is 0.378 e. The van der Waals surface area contributed by atoms with Gasteiger partial charge in [-0.25, -0.2) is 4.98 Å². The second kappa shape index (κ2) is 6.87. The minimum Gasteiger partial charge on any atom is -0.378 e. The Bertz CT molecular complexity index is 594. The Kier molecular flexibility index (Phi) is 4.68. The summed E-state index contributed by atoms with van der Waals surface area (Å²) in [6.07, 6.45) is 1.15. The lowest BCUT2D eigenvalue weighted by Gasteiger charge is -2.28. The molecule has 4 heteroatoms. The summed E-state index contributed by atoms with van der Waals surface area (Å²) >= 11 is 0. The lowest BCUT2D eigenvalue weighted by molar-refractivity contribution is 0.122. The third kappa shape index (κ3) is 3.34. The number of pyridine rings is 1. The summed E-state index contributed by atoms with van der Waals surface area (Å²) < 4.78 is 5.44. The van der Waals surface area contributed by atoms with Gasteiger partial charge in [0.05, 0.1) is 18.7 Å².